The monoisotopic (exact) mass is 318 g/mol. The Morgan fingerprint density at radius 2 is 1.71 bits per heavy atom. The predicted molar refractivity (Wildman–Crippen MR) is 84.9 cm³/mol. The Morgan fingerprint density at radius 1 is 1.00 bits per heavy atom. The summed E-state index contributed by atoms with van der Waals surface area (Å²) in [6, 6.07) is 0. The Labute approximate surface area is 122 Å². The molecule has 0 saturated carbocycles. The third-order valence-electron chi connectivity index (χ3n) is 1.81. The highest BCUT2D eigenvalue weighted by molar-refractivity contribution is 8.03. The van der Waals surface area contributed by atoms with Crippen molar-refractivity contribution in [3.8, 4) is 0 Å². The van der Waals surface area contributed by atoms with E-state index in [1.807, 2.05) is 0 Å². The molecule has 3 N–H and O–H groups in total. The van der Waals surface area contributed by atoms with Gasteiger partial charge in [-0.2, -0.15) is 47.9 Å². The van der Waals surface area contributed by atoms with Crippen LogP contribution in [-0.4, -0.2) is 74.4 Å². The molecule has 0 aromatic rings. The molecule has 0 aromatic carbocycles. The summed E-state index contributed by atoms with van der Waals surface area (Å²) in [4.78, 5) is 0. The molecule has 0 rings (SSSR count). The fourth-order valence-electron chi connectivity index (χ4n) is 1.01. The zero-order valence-electron chi connectivity index (χ0n) is 9.83. The van der Waals surface area contributed by atoms with Gasteiger partial charge in [0.05, 0.1) is 19.3 Å². The van der Waals surface area contributed by atoms with Gasteiger partial charge >= 0.3 is 0 Å². The number of hydrogen-bond donors (Lipinski definition) is 4. The molecule has 0 saturated heterocycles. The first kappa shape index (κ1) is 18.3. The first-order chi connectivity index (χ1) is 8.24. The zero-order valence-corrected chi connectivity index (χ0v) is 13.2. The highest BCUT2D eigenvalue weighted by Gasteiger charge is 2.11. The SMILES string of the molecule is OCCSCC(O)CSC(CO)CSCCS. The van der Waals surface area contributed by atoms with Gasteiger partial charge in [-0.15, -0.1) is 0 Å². The van der Waals surface area contributed by atoms with E-state index in [0.717, 1.165) is 17.3 Å². The summed E-state index contributed by atoms with van der Waals surface area (Å²) in [5.74, 6) is 4.71. The molecule has 0 amide bonds. The Morgan fingerprint density at radius 3 is 2.29 bits per heavy atom. The van der Waals surface area contributed by atoms with Crippen molar-refractivity contribution in [2.24, 2.45) is 0 Å². The molecule has 0 aliphatic carbocycles. The standard InChI is InChI=1S/C10H22O3S4/c11-1-3-15-6-9(13)7-17-10(5-12)8-16-4-2-14/h9-14H,1-8H2. The van der Waals surface area contributed by atoms with Crippen molar-refractivity contribution < 1.29 is 15.3 Å². The second kappa shape index (κ2) is 13.7. The van der Waals surface area contributed by atoms with Crippen LogP contribution in [0.1, 0.15) is 0 Å². The number of thiol groups is 1. The summed E-state index contributed by atoms with van der Waals surface area (Å²) < 4.78 is 0. The summed E-state index contributed by atoms with van der Waals surface area (Å²) in [6.07, 6.45) is -0.361. The number of rotatable bonds is 12. The summed E-state index contributed by atoms with van der Waals surface area (Å²) in [5.41, 5.74) is 0. The van der Waals surface area contributed by atoms with Crippen LogP contribution in [0.5, 0.6) is 0 Å². The predicted octanol–water partition coefficient (Wildman–Crippen LogP) is 0.830. The van der Waals surface area contributed by atoms with Crippen LogP contribution in [0.25, 0.3) is 0 Å². The summed E-state index contributed by atoms with van der Waals surface area (Å²) >= 11 is 9.08. The molecular weight excluding hydrogens is 296 g/mol. The van der Waals surface area contributed by atoms with Crippen LogP contribution in [0.3, 0.4) is 0 Å². The van der Waals surface area contributed by atoms with Gasteiger partial charge in [0, 0.05) is 34.0 Å². The number of hydrogen-bond acceptors (Lipinski definition) is 7. The van der Waals surface area contributed by atoms with Crippen LogP contribution in [-0.2, 0) is 0 Å². The Bertz CT molecular complexity index is 162. The van der Waals surface area contributed by atoms with E-state index in [-0.39, 0.29) is 24.6 Å². The largest absolute Gasteiger partial charge is 0.396 e. The minimum atomic E-state index is -0.361. The number of aliphatic hydroxyl groups is 3. The molecule has 0 radical (unpaired) electrons. The summed E-state index contributed by atoms with van der Waals surface area (Å²) in [6.45, 7) is 0.310. The van der Waals surface area contributed by atoms with Gasteiger partial charge in [-0.1, -0.05) is 0 Å². The quantitative estimate of drug-likeness (QED) is 0.316. The topological polar surface area (TPSA) is 60.7 Å². The lowest BCUT2D eigenvalue weighted by Crippen LogP contribution is -2.20. The molecule has 0 spiro atoms. The van der Waals surface area contributed by atoms with Crippen LogP contribution >= 0.6 is 47.9 Å². The average Bonchev–Trinajstić information content (AvgIpc) is 2.34. The maximum absolute atomic E-state index is 9.67. The second-order valence-corrected chi connectivity index (χ2v) is 7.47. The summed E-state index contributed by atoms with van der Waals surface area (Å²) in [5, 5.41) is 27.6. The van der Waals surface area contributed by atoms with Crippen molar-refractivity contribution in [3.05, 3.63) is 0 Å². The maximum atomic E-state index is 9.67. The van der Waals surface area contributed by atoms with E-state index in [1.54, 1.807) is 35.3 Å². The number of thioether (sulfide) groups is 3. The van der Waals surface area contributed by atoms with Crippen molar-refractivity contribution >= 4 is 47.9 Å². The molecule has 104 valence electrons. The van der Waals surface area contributed by atoms with E-state index in [9.17, 15) is 10.2 Å². The third kappa shape index (κ3) is 12.1. The van der Waals surface area contributed by atoms with Crippen molar-refractivity contribution in [2.75, 3.05) is 47.7 Å². The number of aliphatic hydroxyl groups excluding tert-OH is 3. The van der Waals surface area contributed by atoms with Gasteiger partial charge < -0.3 is 15.3 Å². The molecule has 2 unspecified atom stereocenters. The van der Waals surface area contributed by atoms with Gasteiger partial charge in [0.2, 0.25) is 0 Å². The van der Waals surface area contributed by atoms with Gasteiger partial charge in [-0.05, 0) is 5.75 Å². The molecule has 3 nitrogen and oxygen atoms in total. The smallest absolute Gasteiger partial charge is 0.0721 e. The van der Waals surface area contributed by atoms with Crippen molar-refractivity contribution in [1.82, 2.24) is 0 Å². The first-order valence-corrected chi connectivity index (χ1v) is 9.51. The Balaban J connectivity index is 3.52. The normalized spacial score (nSPS) is 14.8. The van der Waals surface area contributed by atoms with Crippen LogP contribution in [0.4, 0.5) is 0 Å². The van der Waals surface area contributed by atoms with Gasteiger partial charge in [-0.3, -0.25) is 0 Å². The lowest BCUT2D eigenvalue weighted by atomic mass is 10.5. The van der Waals surface area contributed by atoms with E-state index in [1.165, 1.54) is 0 Å². The summed E-state index contributed by atoms with van der Waals surface area (Å²) in [7, 11) is 0. The lowest BCUT2D eigenvalue weighted by molar-refractivity contribution is 0.224. The van der Waals surface area contributed by atoms with Gasteiger partial charge in [0.15, 0.2) is 0 Å². The fourth-order valence-corrected chi connectivity index (χ4v) is 4.29. The van der Waals surface area contributed by atoms with Crippen molar-refractivity contribution in [3.63, 3.8) is 0 Å². The molecular formula is C10H22O3S4. The minimum Gasteiger partial charge on any atom is -0.396 e. The molecule has 2 atom stereocenters. The molecule has 7 heteroatoms. The van der Waals surface area contributed by atoms with Crippen LogP contribution in [0, 0.1) is 0 Å². The van der Waals surface area contributed by atoms with Gasteiger partial charge in [0.1, 0.15) is 0 Å². The fraction of sp³-hybridized carbons (Fsp3) is 1.00. The average molecular weight is 319 g/mol. The van der Waals surface area contributed by atoms with E-state index >= 15 is 0 Å². The first-order valence-electron chi connectivity index (χ1n) is 5.52. The highest BCUT2D eigenvalue weighted by atomic mass is 32.2. The molecule has 0 bridgehead atoms. The molecule has 0 heterocycles. The lowest BCUT2D eigenvalue weighted by Gasteiger charge is -2.16. The van der Waals surface area contributed by atoms with E-state index in [2.05, 4.69) is 12.6 Å². The van der Waals surface area contributed by atoms with E-state index in [0.29, 0.717) is 17.3 Å². The Kier molecular flexibility index (Phi) is 14.7. The van der Waals surface area contributed by atoms with E-state index < -0.39 is 0 Å². The van der Waals surface area contributed by atoms with Crippen LogP contribution in [0.15, 0.2) is 0 Å². The van der Waals surface area contributed by atoms with Gasteiger partial charge in [-0.25, -0.2) is 0 Å². The van der Waals surface area contributed by atoms with E-state index in [4.69, 9.17) is 5.11 Å². The Hall–Kier alpha value is 1.28. The van der Waals surface area contributed by atoms with Gasteiger partial charge in [0.25, 0.3) is 0 Å². The molecule has 0 aliphatic heterocycles. The van der Waals surface area contributed by atoms with Crippen LogP contribution in [0.2, 0.25) is 0 Å². The zero-order chi connectivity index (χ0) is 12.9. The molecule has 0 fully saturated rings. The molecule has 17 heavy (non-hydrogen) atoms. The third-order valence-corrected chi connectivity index (χ3v) is 6.14. The highest BCUT2D eigenvalue weighted by Crippen LogP contribution is 2.18. The van der Waals surface area contributed by atoms with Crippen LogP contribution < -0.4 is 0 Å². The van der Waals surface area contributed by atoms with Crippen molar-refractivity contribution in [1.29, 1.82) is 0 Å². The maximum Gasteiger partial charge on any atom is 0.0721 e. The molecule has 0 aromatic heterocycles. The van der Waals surface area contributed by atoms with Crippen molar-refractivity contribution in [2.45, 2.75) is 11.4 Å². The second-order valence-electron chi connectivity index (χ2n) is 3.39. The minimum absolute atomic E-state index is 0.154. The molecule has 0 aliphatic rings.